The number of nitrogens with two attached hydrogens (primary N) is 3. The third kappa shape index (κ3) is 16.8. The van der Waals surface area contributed by atoms with E-state index in [1.54, 1.807) is 74.6 Å². The van der Waals surface area contributed by atoms with Crippen molar-refractivity contribution in [3.05, 3.63) is 71.9 Å². The topological polar surface area (TPSA) is 418 Å². The van der Waals surface area contributed by atoms with E-state index in [9.17, 15) is 63.0 Å². The maximum atomic E-state index is 14.3. The molecule has 9 amide bonds. The zero-order chi connectivity index (χ0) is 54.1. The zero-order valence-corrected chi connectivity index (χ0v) is 40.6. The average Bonchev–Trinajstić information content (AvgIpc) is 4.00. The quantitative estimate of drug-likeness (QED) is 0.0352. The molecule has 0 unspecified atom stereocenters. The second kappa shape index (κ2) is 27.0. The average molecular weight is 1020 g/mol. The van der Waals surface area contributed by atoms with Crippen molar-refractivity contribution in [2.75, 3.05) is 6.54 Å². The number of carbonyl (C=O) groups excluding carboxylic acids is 9. The maximum absolute atomic E-state index is 14.3. The lowest BCUT2D eigenvalue weighted by molar-refractivity contribution is -0.145. The standard InChI is InChI=1S/C48H65N11O14/c1-4-24(2)39(57-41(65)29(49)16-17-38(63)64)46(70)55-33(22-37(51)62)42(66)53-31(19-26-11-6-5-7-12-26)44(68)58-40(25(3)60)47(71)59-18-10-15-35(59)45(69)54-32(21-36(50)61)43(67)56-34(48(72)73)20-27-23-52-30-14-9-8-13-28(27)30/h5-9,11-14,23-25,29,31-35,39-40,52,60H,4,10,15-22,49H2,1-3H3,(H2,50,61)(H2,51,62)(H,53,66)(H,54,69)(H,55,70)(H,56,67)(H,57,65)(H,58,68)(H,63,64)(H,72,73)/t24-,25+,29-,31-,32-,33-,34-,35-,39-,40-/m0/s1. The normalized spacial score (nSPS) is 16.9. The highest BCUT2D eigenvalue weighted by Gasteiger charge is 2.42. The van der Waals surface area contributed by atoms with E-state index in [1.807, 2.05) is 0 Å². The Morgan fingerprint density at radius 1 is 0.699 bits per heavy atom. The van der Waals surface area contributed by atoms with Crippen LogP contribution in [-0.4, -0.2) is 151 Å². The van der Waals surface area contributed by atoms with E-state index in [0.29, 0.717) is 22.9 Å². The van der Waals surface area contributed by atoms with Crippen LogP contribution in [-0.2, 0) is 65.6 Å². The number of rotatable bonds is 28. The highest BCUT2D eigenvalue weighted by atomic mass is 16.4. The number of likely N-dealkylation sites (tertiary alicyclic amines) is 1. The number of hydrogen-bond acceptors (Lipinski definition) is 13. The molecule has 3 aromatic rings. The minimum absolute atomic E-state index is 0.0278. The molecule has 0 bridgehead atoms. The Balaban J connectivity index is 1.53. The van der Waals surface area contributed by atoms with Crippen molar-refractivity contribution in [2.24, 2.45) is 23.1 Å². The van der Waals surface area contributed by atoms with E-state index in [4.69, 9.17) is 22.3 Å². The van der Waals surface area contributed by atoms with Gasteiger partial charge in [0, 0.05) is 42.9 Å². The second-order valence-corrected chi connectivity index (χ2v) is 18.0. The number of para-hydroxylation sites is 1. The molecule has 1 aromatic heterocycles. The molecular weight excluding hydrogens is 955 g/mol. The first kappa shape index (κ1) is 57.6. The molecule has 0 radical (unpaired) electrons. The van der Waals surface area contributed by atoms with Crippen molar-refractivity contribution in [2.45, 2.75) is 133 Å². The van der Waals surface area contributed by atoms with Gasteiger partial charge in [-0.2, -0.15) is 0 Å². The van der Waals surface area contributed by atoms with Gasteiger partial charge in [0.25, 0.3) is 0 Å². The first-order chi connectivity index (χ1) is 34.5. The summed E-state index contributed by atoms with van der Waals surface area (Å²) in [6.07, 6.45) is -2.04. The van der Waals surface area contributed by atoms with Gasteiger partial charge in [0.15, 0.2) is 0 Å². The number of aliphatic hydroxyl groups is 1. The number of benzene rings is 2. The van der Waals surface area contributed by atoms with E-state index < -0.39 is 145 Å². The Bertz CT molecular complexity index is 2500. The molecule has 1 aliphatic rings. The number of aromatic amines is 1. The lowest BCUT2D eigenvalue weighted by atomic mass is 9.97. The Kier molecular flexibility index (Phi) is 21.4. The minimum Gasteiger partial charge on any atom is -0.481 e. The summed E-state index contributed by atoms with van der Waals surface area (Å²) < 4.78 is 0. The Hall–Kier alpha value is -7.93. The fourth-order valence-corrected chi connectivity index (χ4v) is 8.17. The number of aromatic nitrogens is 1. The number of carboxylic acids is 2. The number of nitrogens with one attached hydrogen (secondary N) is 7. The summed E-state index contributed by atoms with van der Waals surface area (Å²) in [6.45, 7) is 4.44. The first-order valence-electron chi connectivity index (χ1n) is 23.7. The highest BCUT2D eigenvalue weighted by Crippen LogP contribution is 2.22. The van der Waals surface area contributed by atoms with Gasteiger partial charge in [-0.3, -0.25) is 47.9 Å². The van der Waals surface area contributed by atoms with E-state index >= 15 is 0 Å². The number of carboxylic acid groups (broad SMARTS) is 2. The number of amides is 9. The van der Waals surface area contributed by atoms with Crippen LogP contribution in [0.5, 0.6) is 0 Å². The molecule has 0 spiro atoms. The predicted octanol–water partition coefficient (Wildman–Crippen LogP) is -2.69. The fourth-order valence-electron chi connectivity index (χ4n) is 8.17. The number of aliphatic hydroxyl groups excluding tert-OH is 1. The van der Waals surface area contributed by atoms with Crippen LogP contribution >= 0.6 is 0 Å². The SMILES string of the molecule is CC[C@H](C)[C@H](NC(=O)[C@@H](N)CCC(=O)O)C(=O)N[C@@H](CC(N)=O)C(=O)N[C@@H](Cc1ccccc1)C(=O)N[C@H](C(=O)N1CCC[C@H]1C(=O)N[C@@H](CC(N)=O)C(=O)N[C@@H](Cc1c[nH]c2ccccc12)C(=O)O)[C@@H](C)O. The Morgan fingerprint density at radius 3 is 1.85 bits per heavy atom. The van der Waals surface area contributed by atoms with Crippen LogP contribution in [0.25, 0.3) is 10.9 Å². The van der Waals surface area contributed by atoms with E-state index in [-0.39, 0.29) is 38.6 Å². The Labute approximate surface area is 419 Å². The summed E-state index contributed by atoms with van der Waals surface area (Å²) >= 11 is 0. The monoisotopic (exact) mass is 1020 g/mol. The van der Waals surface area contributed by atoms with E-state index in [1.165, 1.54) is 6.92 Å². The number of primary amides is 2. The van der Waals surface area contributed by atoms with Gasteiger partial charge in [-0.05, 0) is 49.3 Å². The molecule has 73 heavy (non-hydrogen) atoms. The van der Waals surface area contributed by atoms with Crippen LogP contribution in [0.1, 0.15) is 76.8 Å². The van der Waals surface area contributed by atoms with Crippen molar-refractivity contribution in [3.63, 3.8) is 0 Å². The molecule has 2 aromatic carbocycles. The summed E-state index contributed by atoms with van der Waals surface area (Å²) in [5.74, 6) is -12.1. The molecule has 396 valence electrons. The number of aliphatic carboxylic acids is 2. The number of carbonyl (C=O) groups is 11. The molecule has 10 atom stereocenters. The smallest absolute Gasteiger partial charge is 0.326 e. The van der Waals surface area contributed by atoms with Crippen molar-refractivity contribution >= 4 is 76.0 Å². The third-order valence-electron chi connectivity index (χ3n) is 12.4. The molecule has 1 fully saturated rings. The lowest BCUT2D eigenvalue weighted by Crippen LogP contribution is -2.62. The molecule has 25 heteroatoms. The summed E-state index contributed by atoms with van der Waals surface area (Å²) in [4.78, 5) is 149. The van der Waals surface area contributed by atoms with Crippen molar-refractivity contribution < 1.29 is 68.1 Å². The molecule has 1 saturated heterocycles. The first-order valence-corrected chi connectivity index (χ1v) is 23.7. The van der Waals surface area contributed by atoms with E-state index in [2.05, 4.69) is 36.9 Å². The van der Waals surface area contributed by atoms with Gasteiger partial charge in [0.05, 0.1) is 25.0 Å². The highest BCUT2D eigenvalue weighted by molar-refractivity contribution is 6.00. The third-order valence-corrected chi connectivity index (χ3v) is 12.4. The van der Waals surface area contributed by atoms with Gasteiger partial charge in [-0.25, -0.2) is 4.79 Å². The van der Waals surface area contributed by atoms with Crippen LogP contribution in [0, 0.1) is 5.92 Å². The van der Waals surface area contributed by atoms with Crippen LogP contribution in [0.3, 0.4) is 0 Å². The molecule has 25 nitrogen and oxygen atoms in total. The summed E-state index contributed by atoms with van der Waals surface area (Å²) in [7, 11) is 0. The van der Waals surface area contributed by atoms with E-state index in [0.717, 1.165) is 10.4 Å². The minimum atomic E-state index is -1.76. The van der Waals surface area contributed by atoms with Gasteiger partial charge in [0.1, 0.15) is 42.3 Å². The molecule has 0 aliphatic carbocycles. The summed E-state index contributed by atoms with van der Waals surface area (Å²) in [6, 6.07) is 3.12. The molecule has 1 aliphatic heterocycles. The molecule has 0 saturated carbocycles. The summed E-state index contributed by atoms with van der Waals surface area (Å²) in [5, 5.41) is 45.3. The molecular formula is C48H65N11O14. The fraction of sp³-hybridized carbons (Fsp3) is 0.479. The van der Waals surface area contributed by atoms with Crippen LogP contribution in [0.2, 0.25) is 0 Å². The number of H-pyrrole nitrogens is 1. The van der Waals surface area contributed by atoms with Gasteiger partial charge in [0.2, 0.25) is 53.2 Å². The molecule has 4 rings (SSSR count). The van der Waals surface area contributed by atoms with Crippen LogP contribution in [0.4, 0.5) is 0 Å². The summed E-state index contributed by atoms with van der Waals surface area (Å²) in [5.41, 5.74) is 18.6. The maximum Gasteiger partial charge on any atom is 0.326 e. The predicted molar refractivity (Wildman–Crippen MR) is 260 cm³/mol. The lowest BCUT2D eigenvalue weighted by Gasteiger charge is -2.32. The molecule has 2 heterocycles. The van der Waals surface area contributed by atoms with Gasteiger partial charge in [-0.15, -0.1) is 0 Å². The molecule has 16 N–H and O–H groups in total. The van der Waals surface area contributed by atoms with Crippen LogP contribution < -0.4 is 49.1 Å². The second-order valence-electron chi connectivity index (χ2n) is 18.0. The zero-order valence-electron chi connectivity index (χ0n) is 40.6. The largest absolute Gasteiger partial charge is 0.481 e. The Morgan fingerprint density at radius 2 is 1.26 bits per heavy atom. The van der Waals surface area contributed by atoms with Gasteiger partial charge in [-0.1, -0.05) is 68.8 Å². The number of nitrogens with zero attached hydrogens (tertiary/aromatic N) is 1. The van der Waals surface area contributed by atoms with Gasteiger partial charge >= 0.3 is 11.9 Å². The van der Waals surface area contributed by atoms with Crippen LogP contribution in [0.15, 0.2) is 60.8 Å². The van der Waals surface area contributed by atoms with Gasteiger partial charge < -0.3 is 74.3 Å². The number of hydrogen-bond donors (Lipinski definition) is 13. The van der Waals surface area contributed by atoms with Crippen molar-refractivity contribution in [1.29, 1.82) is 0 Å². The van der Waals surface area contributed by atoms with Crippen molar-refractivity contribution in [3.8, 4) is 0 Å². The number of fused-ring (bicyclic) bond motifs is 1. The van der Waals surface area contributed by atoms with Crippen molar-refractivity contribution in [1.82, 2.24) is 41.8 Å².